The lowest BCUT2D eigenvalue weighted by atomic mass is 10.2. The number of aromatic nitrogens is 2. The van der Waals surface area contributed by atoms with Crippen LogP contribution >= 0.6 is 38.6 Å². The molecule has 18 heavy (non-hydrogen) atoms. The molecule has 3 aromatic heterocycles. The van der Waals surface area contributed by atoms with Crippen molar-refractivity contribution < 1.29 is 0 Å². The van der Waals surface area contributed by atoms with Gasteiger partial charge in [-0.05, 0) is 34.1 Å². The standard InChI is InChI=1S/C12H8BrN3S2/c13-7-4-10(17-5-7)9-6-18-12(16-9)8-2-1-3-15-11(8)14/h1-6H,(H2,14,15). The first kappa shape index (κ1) is 11.8. The summed E-state index contributed by atoms with van der Waals surface area (Å²) >= 11 is 6.70. The van der Waals surface area contributed by atoms with Crippen molar-refractivity contribution in [3.63, 3.8) is 0 Å². The largest absolute Gasteiger partial charge is 0.383 e. The predicted molar refractivity (Wildman–Crippen MR) is 80.8 cm³/mol. The van der Waals surface area contributed by atoms with Gasteiger partial charge in [0.1, 0.15) is 10.8 Å². The Kier molecular flexibility index (Phi) is 3.15. The summed E-state index contributed by atoms with van der Waals surface area (Å²) in [4.78, 5) is 9.84. The minimum atomic E-state index is 0.519. The maximum atomic E-state index is 5.86. The fraction of sp³-hybridized carbons (Fsp3) is 0. The van der Waals surface area contributed by atoms with Crippen molar-refractivity contribution in [1.82, 2.24) is 9.97 Å². The second kappa shape index (κ2) is 4.79. The molecule has 3 aromatic rings. The van der Waals surface area contributed by atoms with E-state index in [2.05, 4.69) is 32.0 Å². The molecule has 0 saturated carbocycles. The van der Waals surface area contributed by atoms with E-state index >= 15 is 0 Å². The Morgan fingerprint density at radius 3 is 2.83 bits per heavy atom. The Hall–Kier alpha value is -1.24. The minimum absolute atomic E-state index is 0.519. The summed E-state index contributed by atoms with van der Waals surface area (Å²) in [6.07, 6.45) is 1.68. The van der Waals surface area contributed by atoms with Crippen LogP contribution < -0.4 is 5.73 Å². The first-order chi connectivity index (χ1) is 8.74. The lowest BCUT2D eigenvalue weighted by Gasteiger charge is -1.98. The number of halogens is 1. The molecule has 0 amide bonds. The third-order valence-corrected chi connectivity index (χ3v) is 4.98. The van der Waals surface area contributed by atoms with E-state index in [-0.39, 0.29) is 0 Å². The summed E-state index contributed by atoms with van der Waals surface area (Å²) in [6, 6.07) is 5.87. The molecule has 0 aliphatic rings. The van der Waals surface area contributed by atoms with Crippen LogP contribution in [0.5, 0.6) is 0 Å². The SMILES string of the molecule is Nc1ncccc1-c1nc(-c2cc(Br)cs2)cs1. The highest BCUT2D eigenvalue weighted by Gasteiger charge is 2.10. The van der Waals surface area contributed by atoms with Crippen LogP contribution in [0.1, 0.15) is 0 Å². The highest BCUT2D eigenvalue weighted by molar-refractivity contribution is 9.10. The maximum absolute atomic E-state index is 5.86. The fourth-order valence-electron chi connectivity index (χ4n) is 1.56. The van der Waals surface area contributed by atoms with E-state index in [9.17, 15) is 0 Å². The molecule has 0 saturated heterocycles. The van der Waals surface area contributed by atoms with Gasteiger partial charge in [-0.2, -0.15) is 0 Å². The molecule has 0 aliphatic carbocycles. The minimum Gasteiger partial charge on any atom is -0.383 e. The van der Waals surface area contributed by atoms with Gasteiger partial charge in [-0.25, -0.2) is 9.97 Å². The van der Waals surface area contributed by atoms with Gasteiger partial charge in [-0.1, -0.05) is 0 Å². The molecule has 0 aromatic carbocycles. The summed E-state index contributed by atoms with van der Waals surface area (Å²) in [5.41, 5.74) is 7.73. The molecule has 0 atom stereocenters. The van der Waals surface area contributed by atoms with Gasteiger partial charge in [0.05, 0.1) is 16.1 Å². The normalized spacial score (nSPS) is 10.7. The van der Waals surface area contributed by atoms with Crippen molar-refractivity contribution in [1.29, 1.82) is 0 Å². The summed E-state index contributed by atoms with van der Waals surface area (Å²) in [7, 11) is 0. The van der Waals surface area contributed by atoms with E-state index in [1.807, 2.05) is 22.9 Å². The van der Waals surface area contributed by atoms with Gasteiger partial charge in [0.15, 0.2) is 0 Å². The maximum Gasteiger partial charge on any atom is 0.133 e. The molecule has 3 rings (SSSR count). The number of rotatable bonds is 2. The Labute approximate surface area is 120 Å². The first-order valence-electron chi connectivity index (χ1n) is 5.15. The quantitative estimate of drug-likeness (QED) is 0.759. The van der Waals surface area contributed by atoms with Crippen LogP contribution in [0.2, 0.25) is 0 Å². The van der Waals surface area contributed by atoms with E-state index in [4.69, 9.17) is 5.73 Å². The number of pyridine rings is 1. The van der Waals surface area contributed by atoms with Crippen molar-refractivity contribution in [3.05, 3.63) is 39.6 Å². The van der Waals surface area contributed by atoms with Crippen LogP contribution in [0.3, 0.4) is 0 Å². The summed E-state index contributed by atoms with van der Waals surface area (Å²) < 4.78 is 1.08. The van der Waals surface area contributed by atoms with Gasteiger partial charge >= 0.3 is 0 Å². The Morgan fingerprint density at radius 1 is 1.22 bits per heavy atom. The lowest BCUT2D eigenvalue weighted by Crippen LogP contribution is -1.92. The molecular weight excluding hydrogens is 330 g/mol. The molecule has 3 heterocycles. The molecule has 0 fully saturated rings. The van der Waals surface area contributed by atoms with Crippen LogP contribution in [0.4, 0.5) is 5.82 Å². The Bertz CT molecular complexity index is 690. The van der Waals surface area contributed by atoms with Crippen molar-refractivity contribution >= 4 is 44.4 Å². The molecule has 2 N–H and O–H groups in total. The van der Waals surface area contributed by atoms with Crippen molar-refractivity contribution in [2.24, 2.45) is 0 Å². The van der Waals surface area contributed by atoms with Crippen molar-refractivity contribution in [2.75, 3.05) is 5.73 Å². The molecule has 6 heteroatoms. The summed E-state index contributed by atoms with van der Waals surface area (Å²) in [5.74, 6) is 0.519. The predicted octanol–water partition coefficient (Wildman–Crippen LogP) is 4.28. The molecule has 0 radical (unpaired) electrons. The van der Waals surface area contributed by atoms with E-state index < -0.39 is 0 Å². The number of nitrogens with zero attached hydrogens (tertiary/aromatic N) is 2. The average molecular weight is 338 g/mol. The first-order valence-corrected chi connectivity index (χ1v) is 7.70. The third kappa shape index (κ3) is 2.19. The van der Waals surface area contributed by atoms with Crippen LogP contribution in [0.25, 0.3) is 21.1 Å². The number of thiazole rings is 1. The number of thiophene rings is 1. The zero-order chi connectivity index (χ0) is 12.5. The molecule has 3 nitrogen and oxygen atoms in total. The average Bonchev–Trinajstić information content (AvgIpc) is 2.98. The van der Waals surface area contributed by atoms with Crippen molar-refractivity contribution in [3.8, 4) is 21.1 Å². The second-order valence-corrected chi connectivity index (χ2v) is 6.29. The third-order valence-electron chi connectivity index (χ3n) is 2.39. The van der Waals surface area contributed by atoms with Crippen LogP contribution in [0, 0.1) is 0 Å². The number of anilines is 1. The Balaban J connectivity index is 2.02. The zero-order valence-electron chi connectivity index (χ0n) is 9.13. The van der Waals surface area contributed by atoms with Crippen LogP contribution in [0.15, 0.2) is 39.6 Å². The molecule has 0 bridgehead atoms. The second-order valence-electron chi connectivity index (χ2n) is 3.60. The van der Waals surface area contributed by atoms with Gasteiger partial charge in [0.2, 0.25) is 0 Å². The highest BCUT2D eigenvalue weighted by Crippen LogP contribution is 2.34. The summed E-state index contributed by atoms with van der Waals surface area (Å²) in [6.45, 7) is 0. The smallest absolute Gasteiger partial charge is 0.133 e. The van der Waals surface area contributed by atoms with E-state index in [1.165, 1.54) is 0 Å². The van der Waals surface area contributed by atoms with Crippen LogP contribution in [-0.4, -0.2) is 9.97 Å². The van der Waals surface area contributed by atoms with Gasteiger partial charge < -0.3 is 5.73 Å². The fourth-order valence-corrected chi connectivity index (χ4v) is 3.87. The van der Waals surface area contributed by atoms with E-state index in [1.54, 1.807) is 28.9 Å². The van der Waals surface area contributed by atoms with Gasteiger partial charge in [0, 0.05) is 21.4 Å². The van der Waals surface area contributed by atoms with Gasteiger partial charge in [-0.3, -0.25) is 0 Å². The topological polar surface area (TPSA) is 51.8 Å². The number of nitrogen functional groups attached to an aromatic ring is 1. The molecule has 0 unspecified atom stereocenters. The van der Waals surface area contributed by atoms with Gasteiger partial charge in [-0.15, -0.1) is 22.7 Å². The summed E-state index contributed by atoms with van der Waals surface area (Å²) in [5, 5.41) is 4.99. The van der Waals surface area contributed by atoms with Crippen LogP contribution in [-0.2, 0) is 0 Å². The molecule has 0 spiro atoms. The number of hydrogen-bond donors (Lipinski definition) is 1. The van der Waals surface area contributed by atoms with Crippen molar-refractivity contribution in [2.45, 2.75) is 0 Å². The Morgan fingerprint density at radius 2 is 2.11 bits per heavy atom. The van der Waals surface area contributed by atoms with E-state index in [0.29, 0.717) is 5.82 Å². The zero-order valence-corrected chi connectivity index (χ0v) is 12.3. The molecule has 90 valence electrons. The lowest BCUT2D eigenvalue weighted by molar-refractivity contribution is 1.32. The number of hydrogen-bond acceptors (Lipinski definition) is 5. The highest BCUT2D eigenvalue weighted by atomic mass is 79.9. The molecular formula is C12H8BrN3S2. The van der Waals surface area contributed by atoms with E-state index in [0.717, 1.165) is 25.6 Å². The number of nitrogens with two attached hydrogens (primary N) is 1. The molecule has 0 aliphatic heterocycles. The monoisotopic (exact) mass is 337 g/mol. The van der Waals surface area contributed by atoms with Gasteiger partial charge in [0.25, 0.3) is 0 Å².